The van der Waals surface area contributed by atoms with Gasteiger partial charge in [0.1, 0.15) is 0 Å². The molecule has 0 aromatic heterocycles. The standard InChI is InChI=1S/C12H7NO/c14-12-5-8-6-13-7-11(8)9-3-1-2-4-10(9)12/h1-7H. The Labute approximate surface area is 81.3 Å². The molecule has 1 aromatic carbocycles. The molecular formula is C12H7NO. The Bertz CT molecular complexity index is 521. The van der Waals surface area contributed by atoms with Crippen LogP contribution in [0.2, 0.25) is 0 Å². The van der Waals surface area contributed by atoms with E-state index in [2.05, 4.69) is 4.99 Å². The van der Waals surface area contributed by atoms with Gasteiger partial charge in [0.15, 0.2) is 5.78 Å². The second kappa shape index (κ2) is 2.51. The van der Waals surface area contributed by atoms with Crippen molar-refractivity contribution in [3.05, 3.63) is 53.2 Å². The van der Waals surface area contributed by atoms with Crippen LogP contribution in [0.1, 0.15) is 15.9 Å². The predicted octanol–water partition coefficient (Wildman–Crippen LogP) is 2.23. The molecule has 2 aliphatic rings. The van der Waals surface area contributed by atoms with Crippen molar-refractivity contribution >= 4 is 17.6 Å². The summed E-state index contributed by atoms with van der Waals surface area (Å²) in [6.07, 6.45) is 5.17. The van der Waals surface area contributed by atoms with Crippen molar-refractivity contribution < 1.29 is 4.79 Å². The van der Waals surface area contributed by atoms with Crippen LogP contribution >= 0.6 is 0 Å². The van der Waals surface area contributed by atoms with E-state index in [1.165, 1.54) is 0 Å². The van der Waals surface area contributed by atoms with E-state index in [-0.39, 0.29) is 5.78 Å². The molecule has 1 heterocycles. The van der Waals surface area contributed by atoms with Crippen molar-refractivity contribution in [1.82, 2.24) is 0 Å². The van der Waals surface area contributed by atoms with Gasteiger partial charge in [0.2, 0.25) is 0 Å². The lowest BCUT2D eigenvalue weighted by atomic mass is 9.88. The van der Waals surface area contributed by atoms with Crippen LogP contribution in [0, 0.1) is 0 Å². The first-order valence-electron chi connectivity index (χ1n) is 4.45. The minimum absolute atomic E-state index is 0.0705. The normalized spacial score (nSPS) is 17.3. The minimum atomic E-state index is 0.0705. The smallest absolute Gasteiger partial charge is 0.187 e. The number of benzene rings is 1. The van der Waals surface area contributed by atoms with Gasteiger partial charge in [0.25, 0.3) is 0 Å². The molecule has 0 radical (unpaired) electrons. The number of rotatable bonds is 0. The zero-order valence-electron chi connectivity index (χ0n) is 7.40. The molecule has 0 unspecified atom stereocenters. The first kappa shape index (κ1) is 7.44. The van der Waals surface area contributed by atoms with Gasteiger partial charge in [0.05, 0.1) is 0 Å². The Balaban J connectivity index is 2.33. The molecule has 0 N–H and O–H groups in total. The molecule has 0 fully saturated rings. The van der Waals surface area contributed by atoms with E-state index < -0.39 is 0 Å². The van der Waals surface area contributed by atoms with Crippen LogP contribution in [0.5, 0.6) is 0 Å². The van der Waals surface area contributed by atoms with Crippen molar-refractivity contribution in [3.63, 3.8) is 0 Å². The highest BCUT2D eigenvalue weighted by Gasteiger charge is 2.22. The number of ketones is 1. The van der Waals surface area contributed by atoms with Crippen molar-refractivity contribution in [1.29, 1.82) is 0 Å². The largest absolute Gasteiger partial charge is 0.289 e. The summed E-state index contributed by atoms with van der Waals surface area (Å²) in [4.78, 5) is 15.7. The predicted molar refractivity (Wildman–Crippen MR) is 55.3 cm³/mol. The average molecular weight is 181 g/mol. The summed E-state index contributed by atoms with van der Waals surface area (Å²) in [5.74, 6) is 0.0705. The lowest BCUT2D eigenvalue weighted by molar-refractivity contribution is 0.104. The highest BCUT2D eigenvalue weighted by atomic mass is 16.1. The molecule has 0 bridgehead atoms. The molecule has 1 aliphatic heterocycles. The van der Waals surface area contributed by atoms with Gasteiger partial charge in [-0.25, -0.2) is 0 Å². The van der Waals surface area contributed by atoms with Gasteiger partial charge >= 0.3 is 0 Å². The first-order chi connectivity index (χ1) is 6.86. The maximum absolute atomic E-state index is 11.7. The van der Waals surface area contributed by atoms with E-state index in [0.29, 0.717) is 0 Å². The quantitative estimate of drug-likeness (QED) is 0.603. The Morgan fingerprint density at radius 3 is 2.71 bits per heavy atom. The zero-order chi connectivity index (χ0) is 9.54. The van der Waals surface area contributed by atoms with Gasteiger partial charge < -0.3 is 0 Å². The number of fused-ring (bicyclic) bond motifs is 3. The number of hydrogen-bond donors (Lipinski definition) is 0. The van der Waals surface area contributed by atoms with Gasteiger partial charge in [-0.15, -0.1) is 0 Å². The monoisotopic (exact) mass is 181 g/mol. The summed E-state index contributed by atoms with van der Waals surface area (Å²) in [6.45, 7) is 0. The topological polar surface area (TPSA) is 29.4 Å². The maximum Gasteiger partial charge on any atom is 0.187 e. The Kier molecular flexibility index (Phi) is 1.34. The van der Waals surface area contributed by atoms with E-state index >= 15 is 0 Å². The average Bonchev–Trinajstić information content (AvgIpc) is 2.66. The van der Waals surface area contributed by atoms with Crippen LogP contribution < -0.4 is 0 Å². The SMILES string of the molecule is O=C1C=C2C=NC=C2c2ccccc21. The number of nitrogens with zero attached hydrogens (tertiary/aromatic N) is 1. The second-order valence-electron chi connectivity index (χ2n) is 3.33. The molecule has 0 saturated heterocycles. The van der Waals surface area contributed by atoms with Crippen molar-refractivity contribution in [2.75, 3.05) is 0 Å². The number of hydrogen-bond acceptors (Lipinski definition) is 2. The summed E-state index contributed by atoms with van der Waals surface area (Å²) < 4.78 is 0. The van der Waals surface area contributed by atoms with Crippen molar-refractivity contribution in [2.45, 2.75) is 0 Å². The third kappa shape index (κ3) is 0.852. The molecular weight excluding hydrogens is 174 g/mol. The molecule has 0 saturated carbocycles. The number of carbonyl (C=O) groups excluding carboxylic acids is 1. The second-order valence-corrected chi connectivity index (χ2v) is 3.33. The molecule has 1 aliphatic carbocycles. The fourth-order valence-corrected chi connectivity index (χ4v) is 1.83. The summed E-state index contributed by atoms with van der Waals surface area (Å²) in [5.41, 5.74) is 3.74. The molecule has 2 heteroatoms. The fraction of sp³-hybridized carbons (Fsp3) is 0. The van der Waals surface area contributed by atoms with Crippen LogP contribution in [-0.2, 0) is 0 Å². The summed E-state index contributed by atoms with van der Waals surface area (Å²) in [6, 6.07) is 7.63. The Morgan fingerprint density at radius 1 is 1.07 bits per heavy atom. The molecule has 2 nitrogen and oxygen atoms in total. The van der Waals surface area contributed by atoms with Crippen molar-refractivity contribution in [2.24, 2.45) is 4.99 Å². The Morgan fingerprint density at radius 2 is 1.86 bits per heavy atom. The summed E-state index contributed by atoms with van der Waals surface area (Å²) in [7, 11) is 0. The third-order valence-corrected chi connectivity index (χ3v) is 2.50. The fourth-order valence-electron chi connectivity index (χ4n) is 1.83. The summed E-state index contributed by atoms with van der Waals surface area (Å²) in [5, 5.41) is 0. The van der Waals surface area contributed by atoms with Gasteiger partial charge in [-0.2, -0.15) is 0 Å². The minimum Gasteiger partial charge on any atom is -0.289 e. The van der Waals surface area contributed by atoms with Gasteiger partial charge in [-0.1, -0.05) is 24.3 Å². The van der Waals surface area contributed by atoms with E-state index in [1.807, 2.05) is 24.3 Å². The first-order valence-corrected chi connectivity index (χ1v) is 4.45. The lowest BCUT2D eigenvalue weighted by Crippen LogP contribution is -2.07. The highest BCUT2D eigenvalue weighted by molar-refractivity contribution is 6.20. The molecule has 3 rings (SSSR count). The van der Waals surface area contributed by atoms with Crippen LogP contribution in [0.3, 0.4) is 0 Å². The third-order valence-electron chi connectivity index (χ3n) is 2.50. The van der Waals surface area contributed by atoms with Crippen LogP contribution in [0.25, 0.3) is 5.57 Å². The molecule has 0 atom stereocenters. The van der Waals surface area contributed by atoms with E-state index in [0.717, 1.165) is 22.3 Å². The number of allylic oxidation sites excluding steroid dienone is 3. The van der Waals surface area contributed by atoms with E-state index in [1.54, 1.807) is 18.5 Å². The molecule has 0 amide bonds. The molecule has 1 aromatic rings. The molecule has 0 spiro atoms. The van der Waals surface area contributed by atoms with E-state index in [4.69, 9.17) is 0 Å². The van der Waals surface area contributed by atoms with E-state index in [9.17, 15) is 4.79 Å². The Hall–Kier alpha value is -1.96. The maximum atomic E-state index is 11.7. The van der Waals surface area contributed by atoms with Crippen molar-refractivity contribution in [3.8, 4) is 0 Å². The molecule has 14 heavy (non-hydrogen) atoms. The van der Waals surface area contributed by atoms with Gasteiger partial charge in [0, 0.05) is 29.1 Å². The number of aliphatic imine (C=N–C) groups is 1. The molecule has 66 valence electrons. The lowest BCUT2D eigenvalue weighted by Gasteiger charge is -2.13. The van der Waals surface area contributed by atoms with Crippen LogP contribution in [-0.4, -0.2) is 12.0 Å². The van der Waals surface area contributed by atoms with Gasteiger partial charge in [-0.3, -0.25) is 9.79 Å². The number of carbonyl (C=O) groups is 1. The van der Waals surface area contributed by atoms with Gasteiger partial charge in [-0.05, 0) is 11.6 Å². The zero-order valence-corrected chi connectivity index (χ0v) is 7.40. The highest BCUT2D eigenvalue weighted by Crippen LogP contribution is 2.32. The van der Waals surface area contributed by atoms with Crippen LogP contribution in [0.4, 0.5) is 0 Å². The summed E-state index contributed by atoms with van der Waals surface area (Å²) >= 11 is 0. The van der Waals surface area contributed by atoms with Crippen LogP contribution in [0.15, 0.2) is 47.1 Å².